The fourth-order valence-corrected chi connectivity index (χ4v) is 3.75. The van der Waals surface area contributed by atoms with Crippen LogP contribution in [0.3, 0.4) is 0 Å². The maximum atomic E-state index is 5.82. The van der Waals surface area contributed by atoms with Crippen molar-refractivity contribution in [2.45, 2.75) is 25.3 Å². The number of hydrogen-bond acceptors (Lipinski definition) is 2. The zero-order valence-electron chi connectivity index (χ0n) is 12.2. The molecule has 0 unspecified atom stereocenters. The first-order valence-corrected chi connectivity index (χ1v) is 7.61. The highest BCUT2D eigenvalue weighted by atomic mass is 15.0. The molecule has 2 aromatic carbocycles. The Hall–Kier alpha value is -2.22. The standard InChI is InChI=1S/C19H20N2/c1-12-5-10-18-17(11-12)15-3-2-4-16(15)19(21-18)13-6-8-14(20)9-7-13/h2-3,5-11,15-16,19,21H,4,20H2,1H3/t15-,16+,19+/m1/s1. The number of benzene rings is 2. The number of nitrogen functional groups attached to an aromatic ring is 1. The van der Waals surface area contributed by atoms with Crippen LogP contribution >= 0.6 is 0 Å². The van der Waals surface area contributed by atoms with Gasteiger partial charge in [0.25, 0.3) is 0 Å². The minimum atomic E-state index is 0.362. The molecular weight excluding hydrogens is 256 g/mol. The summed E-state index contributed by atoms with van der Waals surface area (Å²) in [4.78, 5) is 0. The maximum absolute atomic E-state index is 5.82. The van der Waals surface area contributed by atoms with E-state index in [2.05, 4.69) is 54.7 Å². The van der Waals surface area contributed by atoms with Crippen LogP contribution in [0.4, 0.5) is 11.4 Å². The predicted octanol–water partition coefficient (Wildman–Crippen LogP) is 4.40. The lowest BCUT2D eigenvalue weighted by molar-refractivity contribution is 0.425. The van der Waals surface area contributed by atoms with Crippen LogP contribution in [0.25, 0.3) is 0 Å². The van der Waals surface area contributed by atoms with Crippen LogP contribution in [-0.2, 0) is 0 Å². The van der Waals surface area contributed by atoms with Gasteiger partial charge in [-0.25, -0.2) is 0 Å². The van der Waals surface area contributed by atoms with E-state index < -0.39 is 0 Å². The van der Waals surface area contributed by atoms with Gasteiger partial charge in [0.1, 0.15) is 0 Å². The summed E-state index contributed by atoms with van der Waals surface area (Å²) in [6.07, 6.45) is 5.85. The van der Waals surface area contributed by atoms with Gasteiger partial charge in [0.15, 0.2) is 0 Å². The summed E-state index contributed by atoms with van der Waals surface area (Å²) in [6, 6.07) is 15.4. The van der Waals surface area contributed by atoms with Crippen molar-refractivity contribution in [3.63, 3.8) is 0 Å². The van der Waals surface area contributed by atoms with Gasteiger partial charge in [-0.3, -0.25) is 0 Å². The van der Waals surface area contributed by atoms with E-state index in [1.165, 1.54) is 22.4 Å². The molecule has 3 atom stereocenters. The molecule has 0 fully saturated rings. The van der Waals surface area contributed by atoms with E-state index >= 15 is 0 Å². The number of allylic oxidation sites excluding steroid dienone is 2. The van der Waals surface area contributed by atoms with Crippen LogP contribution in [0, 0.1) is 12.8 Å². The Balaban J connectivity index is 1.78. The molecule has 2 nitrogen and oxygen atoms in total. The Bertz CT molecular complexity index is 700. The molecule has 0 spiro atoms. The number of anilines is 2. The minimum absolute atomic E-state index is 0.362. The molecule has 0 radical (unpaired) electrons. The van der Waals surface area contributed by atoms with Crippen LogP contribution in [0.1, 0.15) is 35.1 Å². The van der Waals surface area contributed by atoms with E-state index in [1.54, 1.807) is 0 Å². The number of hydrogen-bond donors (Lipinski definition) is 2. The first-order valence-electron chi connectivity index (χ1n) is 7.61. The number of rotatable bonds is 1. The summed E-state index contributed by atoms with van der Waals surface area (Å²) >= 11 is 0. The summed E-state index contributed by atoms with van der Waals surface area (Å²) in [5.74, 6) is 1.13. The van der Waals surface area contributed by atoms with E-state index in [0.717, 1.165) is 12.1 Å². The third kappa shape index (κ3) is 2.02. The quantitative estimate of drug-likeness (QED) is 0.598. The average molecular weight is 276 g/mol. The van der Waals surface area contributed by atoms with Gasteiger partial charge in [0.05, 0.1) is 6.04 Å². The van der Waals surface area contributed by atoms with Crippen LogP contribution in [-0.4, -0.2) is 0 Å². The lowest BCUT2D eigenvalue weighted by Gasteiger charge is -2.37. The Kier molecular flexibility index (Phi) is 2.78. The SMILES string of the molecule is Cc1ccc2c(c1)[C@@H]1C=CC[C@@H]1[C@H](c1ccc(N)cc1)N2. The highest BCUT2D eigenvalue weighted by Crippen LogP contribution is 2.49. The topological polar surface area (TPSA) is 38.0 Å². The maximum Gasteiger partial charge on any atom is 0.0553 e. The van der Waals surface area contributed by atoms with Crippen LogP contribution in [0.5, 0.6) is 0 Å². The van der Waals surface area contributed by atoms with Gasteiger partial charge in [0, 0.05) is 17.3 Å². The molecule has 106 valence electrons. The molecule has 1 aliphatic heterocycles. The summed E-state index contributed by atoms with van der Waals surface area (Å²) in [5.41, 5.74) is 12.0. The van der Waals surface area contributed by atoms with Gasteiger partial charge in [-0.15, -0.1) is 0 Å². The van der Waals surface area contributed by atoms with Crippen molar-refractivity contribution in [2.75, 3.05) is 11.1 Å². The Morgan fingerprint density at radius 2 is 1.90 bits per heavy atom. The molecule has 1 heterocycles. The molecule has 2 aliphatic rings. The van der Waals surface area contributed by atoms with E-state index in [-0.39, 0.29) is 0 Å². The number of fused-ring (bicyclic) bond motifs is 3. The fraction of sp³-hybridized carbons (Fsp3) is 0.263. The average Bonchev–Trinajstić information content (AvgIpc) is 2.97. The van der Waals surface area contributed by atoms with Crippen LogP contribution in [0.15, 0.2) is 54.6 Å². The minimum Gasteiger partial charge on any atom is -0.399 e. The molecule has 0 saturated heterocycles. The largest absolute Gasteiger partial charge is 0.399 e. The summed E-state index contributed by atoms with van der Waals surface area (Å²) in [7, 11) is 0. The molecule has 2 aromatic rings. The second kappa shape index (κ2) is 4.66. The molecule has 0 bridgehead atoms. The van der Waals surface area contributed by atoms with E-state index in [9.17, 15) is 0 Å². The molecule has 4 rings (SSSR count). The van der Waals surface area contributed by atoms with Crippen molar-refractivity contribution < 1.29 is 0 Å². The molecule has 3 N–H and O–H groups in total. The van der Waals surface area contributed by atoms with Crippen LogP contribution in [0.2, 0.25) is 0 Å². The zero-order chi connectivity index (χ0) is 14.4. The molecule has 0 amide bonds. The summed E-state index contributed by atoms with van der Waals surface area (Å²) in [6.45, 7) is 2.17. The second-order valence-corrected chi connectivity index (χ2v) is 6.23. The van der Waals surface area contributed by atoms with Crippen molar-refractivity contribution >= 4 is 11.4 Å². The first-order chi connectivity index (χ1) is 10.2. The third-order valence-electron chi connectivity index (χ3n) is 4.81. The van der Waals surface area contributed by atoms with Gasteiger partial charge in [-0.1, -0.05) is 42.0 Å². The predicted molar refractivity (Wildman–Crippen MR) is 88.4 cm³/mol. The first kappa shape index (κ1) is 12.5. The lowest BCUT2D eigenvalue weighted by Crippen LogP contribution is -2.29. The highest BCUT2D eigenvalue weighted by molar-refractivity contribution is 5.61. The van der Waals surface area contributed by atoms with Crippen molar-refractivity contribution in [2.24, 2.45) is 5.92 Å². The Labute approximate surface area is 125 Å². The second-order valence-electron chi connectivity index (χ2n) is 6.23. The molecule has 1 aliphatic carbocycles. The van der Waals surface area contributed by atoms with Gasteiger partial charge in [-0.2, -0.15) is 0 Å². The smallest absolute Gasteiger partial charge is 0.0553 e. The summed E-state index contributed by atoms with van der Waals surface area (Å²) < 4.78 is 0. The fourth-order valence-electron chi connectivity index (χ4n) is 3.75. The number of nitrogens with two attached hydrogens (primary N) is 1. The van der Waals surface area contributed by atoms with Crippen molar-refractivity contribution in [3.8, 4) is 0 Å². The van der Waals surface area contributed by atoms with Crippen molar-refractivity contribution in [1.29, 1.82) is 0 Å². The number of nitrogens with one attached hydrogen (secondary N) is 1. The number of aryl methyl sites for hydroxylation is 1. The normalized spacial score (nSPS) is 26.0. The lowest BCUT2D eigenvalue weighted by atomic mass is 9.76. The third-order valence-corrected chi connectivity index (χ3v) is 4.81. The van der Waals surface area contributed by atoms with Gasteiger partial charge in [-0.05, 0) is 48.6 Å². The Morgan fingerprint density at radius 3 is 2.71 bits per heavy atom. The monoisotopic (exact) mass is 276 g/mol. The molecule has 21 heavy (non-hydrogen) atoms. The van der Waals surface area contributed by atoms with Gasteiger partial charge >= 0.3 is 0 Å². The van der Waals surface area contributed by atoms with E-state index in [0.29, 0.717) is 17.9 Å². The van der Waals surface area contributed by atoms with Crippen molar-refractivity contribution in [1.82, 2.24) is 0 Å². The molecule has 0 saturated carbocycles. The Morgan fingerprint density at radius 1 is 1.10 bits per heavy atom. The van der Waals surface area contributed by atoms with Gasteiger partial charge in [0.2, 0.25) is 0 Å². The molecule has 0 aromatic heterocycles. The summed E-state index contributed by atoms with van der Waals surface area (Å²) in [5, 5.41) is 3.75. The van der Waals surface area contributed by atoms with E-state index in [1.807, 2.05) is 12.1 Å². The molecule has 2 heteroatoms. The van der Waals surface area contributed by atoms with E-state index in [4.69, 9.17) is 5.73 Å². The molecular formula is C19H20N2. The highest BCUT2D eigenvalue weighted by Gasteiger charge is 2.37. The van der Waals surface area contributed by atoms with Gasteiger partial charge < -0.3 is 11.1 Å². The van der Waals surface area contributed by atoms with Crippen LogP contribution < -0.4 is 11.1 Å². The zero-order valence-corrected chi connectivity index (χ0v) is 12.2. The van der Waals surface area contributed by atoms with Crippen molar-refractivity contribution in [3.05, 3.63) is 71.3 Å².